The van der Waals surface area contributed by atoms with Crippen LogP contribution < -0.4 is 10.6 Å². The number of benzene rings is 1. The van der Waals surface area contributed by atoms with Crippen molar-refractivity contribution in [3.05, 3.63) is 40.1 Å². The van der Waals surface area contributed by atoms with Gasteiger partial charge < -0.3 is 10.6 Å². The Kier molecular flexibility index (Phi) is 4.25. The molecule has 1 aliphatic heterocycles. The number of hydrogen-bond acceptors (Lipinski definition) is 5. The van der Waals surface area contributed by atoms with Gasteiger partial charge >= 0.3 is 0 Å². The lowest BCUT2D eigenvalue weighted by Crippen LogP contribution is -2.65. The Bertz CT molecular complexity index is 713. The van der Waals surface area contributed by atoms with Crippen molar-refractivity contribution < 1.29 is 0 Å². The lowest BCUT2D eigenvalue weighted by molar-refractivity contribution is 0.362. The zero-order valence-electron chi connectivity index (χ0n) is 12.3. The lowest BCUT2D eigenvalue weighted by atomic mass is 9.94. The molecule has 2 heterocycles. The van der Waals surface area contributed by atoms with E-state index in [1.54, 1.807) is 12.3 Å². The summed E-state index contributed by atoms with van der Waals surface area (Å²) in [4.78, 5) is 12.3. The average molecular weight is 355 g/mol. The summed E-state index contributed by atoms with van der Waals surface area (Å²) in [5.74, 6) is 0.874. The third kappa shape index (κ3) is 3.33. The minimum Gasteiger partial charge on any atom is -0.352 e. The van der Waals surface area contributed by atoms with Gasteiger partial charge in [0.25, 0.3) is 0 Å². The van der Waals surface area contributed by atoms with E-state index in [2.05, 4.69) is 14.9 Å². The first-order valence-electron chi connectivity index (χ1n) is 6.84. The smallest absolute Gasteiger partial charge is 0.147 e. The number of halogens is 2. The number of hydrogen-bond donors (Lipinski definition) is 1. The second-order valence-electron chi connectivity index (χ2n) is 5.81. The highest BCUT2D eigenvalue weighted by Crippen LogP contribution is 2.33. The molecule has 1 aromatic carbocycles. The maximum absolute atomic E-state index is 6.04. The fourth-order valence-electron chi connectivity index (χ4n) is 2.35. The van der Waals surface area contributed by atoms with Crippen LogP contribution in [-0.4, -0.2) is 28.6 Å². The Morgan fingerprint density at radius 1 is 1.27 bits per heavy atom. The van der Waals surface area contributed by atoms with Crippen LogP contribution in [0.1, 0.15) is 12.6 Å². The number of aromatic nitrogens is 2. The van der Waals surface area contributed by atoms with Crippen LogP contribution in [0.3, 0.4) is 0 Å². The molecule has 0 saturated carbocycles. The first-order valence-corrected chi connectivity index (χ1v) is 8.42. The summed E-state index contributed by atoms with van der Waals surface area (Å²) in [6.45, 7) is 5.61. The number of nitrogens with zero attached hydrogens (tertiary/aromatic N) is 3. The molecule has 1 saturated heterocycles. The van der Waals surface area contributed by atoms with E-state index < -0.39 is 0 Å². The van der Waals surface area contributed by atoms with Crippen LogP contribution in [0.4, 0.5) is 5.82 Å². The van der Waals surface area contributed by atoms with Gasteiger partial charge in [0.15, 0.2) is 0 Å². The highest BCUT2D eigenvalue weighted by Gasteiger charge is 2.35. The van der Waals surface area contributed by atoms with Gasteiger partial charge in [0, 0.05) is 23.5 Å². The van der Waals surface area contributed by atoms with Crippen molar-refractivity contribution in [1.82, 2.24) is 9.97 Å². The van der Waals surface area contributed by atoms with Crippen LogP contribution >= 0.6 is 35.0 Å². The second kappa shape index (κ2) is 5.89. The highest BCUT2D eigenvalue weighted by atomic mass is 35.5. The molecule has 0 aliphatic carbocycles. The van der Waals surface area contributed by atoms with Crippen molar-refractivity contribution >= 4 is 40.8 Å². The van der Waals surface area contributed by atoms with E-state index in [1.807, 2.05) is 26.0 Å². The molecule has 7 heteroatoms. The summed E-state index contributed by atoms with van der Waals surface area (Å²) in [7, 11) is 0. The first kappa shape index (κ1) is 15.9. The Morgan fingerprint density at radius 3 is 2.59 bits per heavy atom. The Hall–Kier alpha value is -1.01. The molecular weight excluding hydrogens is 339 g/mol. The fraction of sp³-hybridized carbons (Fsp3) is 0.333. The molecule has 0 radical (unpaired) electrons. The summed E-state index contributed by atoms with van der Waals surface area (Å²) in [6, 6.07) is 5.54. The maximum atomic E-state index is 6.04. The van der Waals surface area contributed by atoms with Crippen molar-refractivity contribution in [2.45, 2.75) is 29.3 Å². The Labute approximate surface area is 144 Å². The summed E-state index contributed by atoms with van der Waals surface area (Å²) in [5, 5.41) is 1.95. The molecule has 2 N–H and O–H groups in total. The predicted molar refractivity (Wildman–Crippen MR) is 92.2 cm³/mol. The summed E-state index contributed by atoms with van der Waals surface area (Å²) in [5.41, 5.74) is 6.79. The van der Waals surface area contributed by atoms with Crippen molar-refractivity contribution in [2.75, 3.05) is 18.0 Å². The van der Waals surface area contributed by atoms with Gasteiger partial charge in [0.2, 0.25) is 0 Å². The van der Waals surface area contributed by atoms with Gasteiger partial charge in [0.1, 0.15) is 10.8 Å². The normalized spacial score (nSPS) is 16.5. The molecule has 2 aromatic rings. The van der Waals surface area contributed by atoms with E-state index in [0.717, 1.165) is 34.5 Å². The Balaban J connectivity index is 1.76. The van der Waals surface area contributed by atoms with Crippen molar-refractivity contribution in [3.8, 4) is 0 Å². The molecule has 116 valence electrons. The van der Waals surface area contributed by atoms with Crippen molar-refractivity contribution in [3.63, 3.8) is 0 Å². The quantitative estimate of drug-likeness (QED) is 0.908. The number of nitrogens with two attached hydrogens (primary N) is 1. The van der Waals surface area contributed by atoms with E-state index in [0.29, 0.717) is 10.0 Å². The van der Waals surface area contributed by atoms with E-state index >= 15 is 0 Å². The second-order valence-corrected chi connectivity index (χ2v) is 7.68. The van der Waals surface area contributed by atoms with Gasteiger partial charge in [-0.3, -0.25) is 0 Å². The molecule has 22 heavy (non-hydrogen) atoms. The predicted octanol–water partition coefficient (Wildman–Crippen LogP) is 3.78. The molecule has 3 rings (SSSR count). The van der Waals surface area contributed by atoms with Gasteiger partial charge in [-0.1, -0.05) is 35.0 Å². The van der Waals surface area contributed by atoms with Gasteiger partial charge in [-0.25, -0.2) is 9.97 Å². The monoisotopic (exact) mass is 354 g/mol. The standard InChI is InChI=1S/C15H16Cl2N4S/c1-9-14(22-10-3-4-11(16)12(17)5-10)19-6-13(20-9)21-7-15(2,18)8-21/h3-6H,7-8,18H2,1-2H3. The molecule has 0 spiro atoms. The maximum Gasteiger partial charge on any atom is 0.147 e. The molecule has 0 atom stereocenters. The van der Waals surface area contributed by atoms with E-state index in [-0.39, 0.29) is 5.54 Å². The van der Waals surface area contributed by atoms with Gasteiger partial charge in [-0.2, -0.15) is 0 Å². The fourth-order valence-corrected chi connectivity index (χ4v) is 3.55. The van der Waals surface area contributed by atoms with Gasteiger partial charge in [-0.15, -0.1) is 0 Å². The highest BCUT2D eigenvalue weighted by molar-refractivity contribution is 7.99. The molecule has 0 bridgehead atoms. The largest absolute Gasteiger partial charge is 0.352 e. The molecule has 1 fully saturated rings. The molecule has 0 amide bonds. The summed E-state index contributed by atoms with van der Waals surface area (Å²) >= 11 is 13.5. The number of rotatable bonds is 3. The van der Waals surface area contributed by atoms with E-state index in [1.165, 1.54) is 11.8 Å². The van der Waals surface area contributed by atoms with Crippen LogP contribution in [0.5, 0.6) is 0 Å². The van der Waals surface area contributed by atoms with Crippen LogP contribution in [0, 0.1) is 6.92 Å². The third-order valence-corrected chi connectivity index (χ3v) is 5.25. The van der Waals surface area contributed by atoms with Gasteiger partial charge in [-0.05, 0) is 32.0 Å². The van der Waals surface area contributed by atoms with Gasteiger partial charge in [0.05, 0.1) is 21.9 Å². The third-order valence-electron chi connectivity index (χ3n) is 3.42. The molecule has 1 aliphatic rings. The van der Waals surface area contributed by atoms with Crippen LogP contribution in [-0.2, 0) is 0 Å². The number of aryl methyl sites for hydroxylation is 1. The zero-order chi connectivity index (χ0) is 15.9. The van der Waals surface area contributed by atoms with Crippen LogP contribution in [0.15, 0.2) is 34.3 Å². The Morgan fingerprint density at radius 2 is 2.00 bits per heavy atom. The minimum atomic E-state index is -0.122. The summed E-state index contributed by atoms with van der Waals surface area (Å²) < 4.78 is 0. The average Bonchev–Trinajstić information content (AvgIpc) is 2.42. The first-order chi connectivity index (χ1) is 10.3. The van der Waals surface area contributed by atoms with Crippen LogP contribution in [0.2, 0.25) is 10.0 Å². The van der Waals surface area contributed by atoms with E-state index in [4.69, 9.17) is 28.9 Å². The van der Waals surface area contributed by atoms with Crippen molar-refractivity contribution in [1.29, 1.82) is 0 Å². The SMILES string of the molecule is Cc1nc(N2CC(C)(N)C2)cnc1Sc1ccc(Cl)c(Cl)c1. The van der Waals surface area contributed by atoms with E-state index in [9.17, 15) is 0 Å². The minimum absolute atomic E-state index is 0.122. The molecular formula is C15H16Cl2N4S. The molecule has 1 aromatic heterocycles. The van der Waals surface area contributed by atoms with Crippen molar-refractivity contribution in [2.24, 2.45) is 5.73 Å². The summed E-state index contributed by atoms with van der Waals surface area (Å²) in [6.07, 6.45) is 1.79. The molecule has 0 unspecified atom stereocenters. The molecule has 4 nitrogen and oxygen atoms in total. The van der Waals surface area contributed by atoms with Crippen LogP contribution in [0.25, 0.3) is 0 Å². The topological polar surface area (TPSA) is 55.0 Å². The lowest BCUT2D eigenvalue weighted by Gasteiger charge is -2.46. The number of anilines is 1. The zero-order valence-corrected chi connectivity index (χ0v) is 14.6.